The fourth-order valence-electron chi connectivity index (χ4n) is 1.81. The zero-order valence-electron chi connectivity index (χ0n) is 11.0. The largest absolute Gasteiger partial charge is 0.380 e. The van der Waals surface area contributed by atoms with E-state index in [1.165, 1.54) is 12.1 Å². The lowest BCUT2D eigenvalue weighted by molar-refractivity contribution is -0.384. The van der Waals surface area contributed by atoms with Gasteiger partial charge in [-0.15, -0.1) is 0 Å². The van der Waals surface area contributed by atoms with Gasteiger partial charge in [-0.05, 0) is 28.4 Å². The zero-order chi connectivity index (χ0) is 14.5. The Kier molecular flexibility index (Phi) is 4.73. The van der Waals surface area contributed by atoms with Crippen LogP contribution in [0.2, 0.25) is 0 Å². The van der Waals surface area contributed by atoms with Gasteiger partial charge in [-0.25, -0.2) is 0 Å². The standard InChI is InChI=1S/C13H15BrN4O2/c1-2-5-17-9-10(8-16-17)7-15-13-4-3-11(18(19)20)6-12(13)14/h3-4,6,8-9,15H,2,5,7H2,1H3. The smallest absolute Gasteiger partial charge is 0.270 e. The highest BCUT2D eigenvalue weighted by atomic mass is 79.9. The number of non-ortho nitro benzene ring substituents is 1. The van der Waals surface area contributed by atoms with Crippen LogP contribution < -0.4 is 5.32 Å². The quantitative estimate of drug-likeness (QED) is 0.645. The Morgan fingerprint density at radius 1 is 1.50 bits per heavy atom. The van der Waals surface area contributed by atoms with E-state index in [9.17, 15) is 10.1 Å². The maximum absolute atomic E-state index is 10.7. The van der Waals surface area contributed by atoms with Crippen LogP contribution in [0.15, 0.2) is 35.1 Å². The van der Waals surface area contributed by atoms with E-state index >= 15 is 0 Å². The van der Waals surface area contributed by atoms with Gasteiger partial charge in [-0.1, -0.05) is 6.92 Å². The number of hydrogen-bond acceptors (Lipinski definition) is 4. The van der Waals surface area contributed by atoms with Gasteiger partial charge in [0.25, 0.3) is 5.69 Å². The number of halogens is 1. The second-order valence-corrected chi connectivity index (χ2v) is 5.24. The summed E-state index contributed by atoms with van der Waals surface area (Å²) >= 11 is 3.33. The predicted molar refractivity (Wildman–Crippen MR) is 80.6 cm³/mol. The van der Waals surface area contributed by atoms with Crippen molar-refractivity contribution < 1.29 is 4.92 Å². The molecular weight excluding hydrogens is 324 g/mol. The molecule has 1 aromatic carbocycles. The molecular formula is C13H15BrN4O2. The molecule has 7 heteroatoms. The minimum absolute atomic E-state index is 0.0678. The summed E-state index contributed by atoms with van der Waals surface area (Å²) < 4.78 is 2.58. The lowest BCUT2D eigenvalue weighted by Crippen LogP contribution is -2.00. The monoisotopic (exact) mass is 338 g/mol. The Hall–Kier alpha value is -1.89. The maximum Gasteiger partial charge on any atom is 0.270 e. The summed E-state index contributed by atoms with van der Waals surface area (Å²) in [6, 6.07) is 4.66. The molecule has 1 aromatic heterocycles. The molecule has 0 bridgehead atoms. The number of aromatic nitrogens is 2. The van der Waals surface area contributed by atoms with Crippen molar-refractivity contribution in [3.05, 3.63) is 50.7 Å². The Bertz CT molecular complexity index is 612. The summed E-state index contributed by atoms with van der Waals surface area (Å²) in [6.07, 6.45) is 4.86. The highest BCUT2D eigenvalue weighted by Crippen LogP contribution is 2.27. The van der Waals surface area contributed by atoms with Gasteiger partial charge in [-0.3, -0.25) is 14.8 Å². The van der Waals surface area contributed by atoms with Crippen LogP contribution in [0.4, 0.5) is 11.4 Å². The molecule has 1 N–H and O–H groups in total. The van der Waals surface area contributed by atoms with E-state index in [1.807, 2.05) is 17.1 Å². The number of nitro benzene ring substituents is 1. The van der Waals surface area contributed by atoms with E-state index in [0.717, 1.165) is 24.2 Å². The molecule has 2 rings (SSSR count). The molecule has 106 valence electrons. The van der Waals surface area contributed by atoms with Crippen LogP contribution in [-0.2, 0) is 13.1 Å². The van der Waals surface area contributed by atoms with Crippen molar-refractivity contribution in [3.63, 3.8) is 0 Å². The van der Waals surface area contributed by atoms with Crippen molar-refractivity contribution in [2.75, 3.05) is 5.32 Å². The average molecular weight is 339 g/mol. The Labute approximate surface area is 125 Å². The molecule has 0 amide bonds. The lowest BCUT2D eigenvalue weighted by atomic mass is 10.2. The van der Waals surface area contributed by atoms with Crippen molar-refractivity contribution in [1.82, 2.24) is 9.78 Å². The van der Waals surface area contributed by atoms with Crippen LogP contribution in [-0.4, -0.2) is 14.7 Å². The Morgan fingerprint density at radius 3 is 2.95 bits per heavy atom. The van der Waals surface area contributed by atoms with Crippen molar-refractivity contribution in [2.24, 2.45) is 0 Å². The van der Waals surface area contributed by atoms with Crippen molar-refractivity contribution >= 4 is 27.3 Å². The first-order chi connectivity index (χ1) is 9.60. The van der Waals surface area contributed by atoms with Crippen LogP contribution >= 0.6 is 15.9 Å². The molecule has 1 heterocycles. The Balaban J connectivity index is 2.01. The molecule has 0 atom stereocenters. The van der Waals surface area contributed by atoms with Gasteiger partial charge in [-0.2, -0.15) is 5.10 Å². The molecule has 0 aliphatic carbocycles. The van der Waals surface area contributed by atoms with Crippen LogP contribution in [0.5, 0.6) is 0 Å². The van der Waals surface area contributed by atoms with Crippen molar-refractivity contribution in [1.29, 1.82) is 0 Å². The third kappa shape index (κ3) is 3.57. The molecule has 20 heavy (non-hydrogen) atoms. The highest BCUT2D eigenvalue weighted by molar-refractivity contribution is 9.10. The zero-order valence-corrected chi connectivity index (χ0v) is 12.6. The minimum Gasteiger partial charge on any atom is -0.380 e. The number of nitrogens with zero attached hydrogens (tertiary/aromatic N) is 3. The van der Waals surface area contributed by atoms with E-state index in [-0.39, 0.29) is 5.69 Å². The molecule has 0 fully saturated rings. The number of anilines is 1. The van der Waals surface area contributed by atoms with Gasteiger partial charge >= 0.3 is 0 Å². The Morgan fingerprint density at radius 2 is 2.30 bits per heavy atom. The normalized spacial score (nSPS) is 10.5. The summed E-state index contributed by atoms with van der Waals surface area (Å²) in [5, 5.41) is 18.1. The second-order valence-electron chi connectivity index (χ2n) is 4.39. The molecule has 0 radical (unpaired) electrons. The van der Waals surface area contributed by atoms with Gasteiger partial charge < -0.3 is 5.32 Å². The van der Waals surface area contributed by atoms with E-state index in [0.29, 0.717) is 11.0 Å². The topological polar surface area (TPSA) is 73.0 Å². The van der Waals surface area contributed by atoms with Gasteiger partial charge in [0.15, 0.2) is 0 Å². The highest BCUT2D eigenvalue weighted by Gasteiger charge is 2.09. The van der Waals surface area contributed by atoms with Crippen molar-refractivity contribution in [3.8, 4) is 0 Å². The summed E-state index contributed by atoms with van der Waals surface area (Å²) in [4.78, 5) is 10.2. The molecule has 0 aliphatic heterocycles. The number of aryl methyl sites for hydroxylation is 1. The van der Waals surface area contributed by atoms with E-state index < -0.39 is 4.92 Å². The number of rotatable bonds is 6. The van der Waals surface area contributed by atoms with Gasteiger partial charge in [0, 0.05) is 47.1 Å². The summed E-state index contributed by atoms with van der Waals surface area (Å²) in [6.45, 7) is 3.63. The van der Waals surface area contributed by atoms with Crippen LogP contribution in [0.25, 0.3) is 0 Å². The predicted octanol–water partition coefficient (Wildman–Crippen LogP) is 3.58. The minimum atomic E-state index is -0.413. The molecule has 6 nitrogen and oxygen atoms in total. The lowest BCUT2D eigenvalue weighted by Gasteiger charge is -2.07. The summed E-state index contributed by atoms with van der Waals surface area (Å²) in [5.41, 5.74) is 1.96. The summed E-state index contributed by atoms with van der Waals surface area (Å²) in [7, 11) is 0. The second kappa shape index (κ2) is 6.51. The van der Waals surface area contributed by atoms with Crippen LogP contribution in [0.3, 0.4) is 0 Å². The average Bonchev–Trinajstić information content (AvgIpc) is 2.85. The first-order valence-corrected chi connectivity index (χ1v) is 7.08. The first kappa shape index (κ1) is 14.5. The molecule has 0 spiro atoms. The van der Waals surface area contributed by atoms with E-state index in [1.54, 1.807) is 6.07 Å². The molecule has 0 unspecified atom stereocenters. The van der Waals surface area contributed by atoms with Crippen LogP contribution in [0, 0.1) is 10.1 Å². The molecule has 0 saturated heterocycles. The van der Waals surface area contributed by atoms with Gasteiger partial charge in [0.2, 0.25) is 0 Å². The van der Waals surface area contributed by atoms with Gasteiger partial charge in [0.05, 0.1) is 11.1 Å². The third-order valence-electron chi connectivity index (χ3n) is 2.79. The third-order valence-corrected chi connectivity index (χ3v) is 3.44. The van der Waals surface area contributed by atoms with E-state index in [2.05, 4.69) is 33.3 Å². The maximum atomic E-state index is 10.7. The van der Waals surface area contributed by atoms with Crippen molar-refractivity contribution in [2.45, 2.75) is 26.4 Å². The molecule has 0 aliphatic rings. The number of nitrogens with one attached hydrogen (secondary N) is 1. The SMILES string of the molecule is CCCn1cc(CNc2ccc([N+](=O)[O-])cc2Br)cn1. The molecule has 0 saturated carbocycles. The number of benzene rings is 1. The number of hydrogen-bond donors (Lipinski definition) is 1. The summed E-state index contributed by atoms with van der Waals surface area (Å²) in [5.74, 6) is 0. The number of nitro groups is 1. The van der Waals surface area contributed by atoms with Crippen LogP contribution in [0.1, 0.15) is 18.9 Å². The fourth-order valence-corrected chi connectivity index (χ4v) is 2.31. The fraction of sp³-hybridized carbons (Fsp3) is 0.308. The molecule has 2 aromatic rings. The van der Waals surface area contributed by atoms with Gasteiger partial charge in [0.1, 0.15) is 0 Å². The van der Waals surface area contributed by atoms with E-state index in [4.69, 9.17) is 0 Å². The first-order valence-electron chi connectivity index (χ1n) is 6.29.